The van der Waals surface area contributed by atoms with E-state index in [0.717, 1.165) is 0 Å². The van der Waals surface area contributed by atoms with E-state index in [0.29, 0.717) is 39.5 Å². The van der Waals surface area contributed by atoms with Gasteiger partial charge in [-0.15, -0.1) is 0 Å². The van der Waals surface area contributed by atoms with E-state index in [1.165, 1.54) is 38.5 Å². The van der Waals surface area contributed by atoms with Crippen LogP contribution in [0.1, 0.15) is 10.4 Å². The lowest BCUT2D eigenvalue weighted by Crippen LogP contribution is -2.19. The molecule has 0 unspecified atom stereocenters. The zero-order chi connectivity index (χ0) is 26.2. The van der Waals surface area contributed by atoms with E-state index in [1.54, 1.807) is 48.7 Å². The van der Waals surface area contributed by atoms with Gasteiger partial charge >= 0.3 is 12.0 Å². The third-order valence-electron chi connectivity index (χ3n) is 5.21. The van der Waals surface area contributed by atoms with Crippen LogP contribution in [-0.4, -0.2) is 44.4 Å². The summed E-state index contributed by atoms with van der Waals surface area (Å²) in [5.74, 6) is 0.347. The van der Waals surface area contributed by atoms with Gasteiger partial charge in [-0.2, -0.15) is 0 Å². The van der Waals surface area contributed by atoms with Crippen molar-refractivity contribution in [2.45, 2.75) is 0 Å². The monoisotopic (exact) mass is 505 g/mol. The summed E-state index contributed by atoms with van der Waals surface area (Å²) >= 11 is 0. The Morgan fingerprint density at radius 2 is 1.54 bits per heavy atom. The Morgan fingerprint density at radius 3 is 2.19 bits per heavy atom. The second-order valence-electron chi connectivity index (χ2n) is 7.72. The van der Waals surface area contributed by atoms with E-state index in [1.807, 2.05) is 0 Å². The van der Waals surface area contributed by atoms with Gasteiger partial charge in [-0.05, 0) is 60.7 Å². The average Bonchev–Trinajstić information content (AvgIpc) is 2.90. The van der Waals surface area contributed by atoms with Crippen molar-refractivity contribution in [1.29, 1.82) is 0 Å². The molecule has 37 heavy (non-hydrogen) atoms. The number of nitrogens with zero attached hydrogens (tertiary/aromatic N) is 1. The van der Waals surface area contributed by atoms with Crippen LogP contribution in [0.5, 0.6) is 17.2 Å². The number of ether oxygens (including phenoxy) is 4. The second kappa shape index (κ2) is 11.8. The first-order valence-electron chi connectivity index (χ1n) is 11.2. The number of halogens is 1. The highest BCUT2D eigenvalue weighted by molar-refractivity contribution is 6.00. The van der Waals surface area contributed by atoms with E-state index < -0.39 is 12.0 Å². The Morgan fingerprint density at radius 1 is 0.865 bits per heavy atom. The first-order chi connectivity index (χ1) is 18.0. The van der Waals surface area contributed by atoms with Crippen LogP contribution in [0.3, 0.4) is 0 Å². The van der Waals surface area contributed by atoms with Gasteiger partial charge in [0.1, 0.15) is 35.2 Å². The van der Waals surface area contributed by atoms with Crippen LogP contribution in [0, 0.1) is 5.82 Å². The number of pyridine rings is 1. The van der Waals surface area contributed by atoms with Crippen molar-refractivity contribution in [2.24, 2.45) is 0 Å². The fourth-order valence-corrected chi connectivity index (χ4v) is 3.42. The Kier molecular flexibility index (Phi) is 8.11. The molecule has 0 bridgehead atoms. The summed E-state index contributed by atoms with van der Waals surface area (Å²) in [6.45, 7) is 0.380. The van der Waals surface area contributed by atoms with Gasteiger partial charge in [-0.1, -0.05) is 0 Å². The van der Waals surface area contributed by atoms with E-state index in [4.69, 9.17) is 18.9 Å². The lowest BCUT2D eigenvalue weighted by Gasteiger charge is -2.13. The van der Waals surface area contributed by atoms with E-state index in [-0.39, 0.29) is 24.6 Å². The number of fused-ring (bicyclic) bond motifs is 1. The summed E-state index contributed by atoms with van der Waals surface area (Å²) in [6.07, 6.45) is 1.59. The number of methoxy groups -OCH3 is 2. The number of nitrogens with one attached hydrogen (secondary N) is 2. The number of hydrogen-bond donors (Lipinski definition) is 2. The van der Waals surface area contributed by atoms with Gasteiger partial charge in [-0.25, -0.2) is 14.0 Å². The van der Waals surface area contributed by atoms with E-state index >= 15 is 0 Å². The van der Waals surface area contributed by atoms with Crippen molar-refractivity contribution in [2.75, 3.05) is 38.1 Å². The van der Waals surface area contributed by atoms with E-state index in [9.17, 15) is 14.0 Å². The molecule has 0 aliphatic carbocycles. The molecule has 0 fully saturated rings. The fraction of sp³-hybridized carbons (Fsp3) is 0.148. The molecule has 10 heteroatoms. The summed E-state index contributed by atoms with van der Waals surface area (Å²) < 4.78 is 34.6. The van der Waals surface area contributed by atoms with Crippen LogP contribution in [0.25, 0.3) is 10.9 Å². The molecule has 0 saturated heterocycles. The first kappa shape index (κ1) is 25.4. The molecule has 2 N–H and O–H groups in total. The number of urea groups is 1. The third kappa shape index (κ3) is 6.50. The second-order valence-corrected chi connectivity index (χ2v) is 7.72. The maximum atomic E-state index is 13.0. The Bertz CT molecular complexity index is 1390. The zero-order valence-electron chi connectivity index (χ0n) is 20.1. The van der Waals surface area contributed by atoms with Crippen LogP contribution < -0.4 is 20.1 Å². The molecule has 4 rings (SSSR count). The summed E-state index contributed by atoms with van der Waals surface area (Å²) in [5, 5.41) is 5.90. The Hall–Kier alpha value is -4.70. The third-order valence-corrected chi connectivity index (χ3v) is 5.21. The van der Waals surface area contributed by atoms with Crippen molar-refractivity contribution >= 4 is 34.3 Å². The molecule has 9 nitrogen and oxygen atoms in total. The summed E-state index contributed by atoms with van der Waals surface area (Å²) in [6, 6.07) is 16.6. The zero-order valence-corrected chi connectivity index (χ0v) is 20.1. The number of aromatic nitrogens is 1. The van der Waals surface area contributed by atoms with Crippen molar-refractivity contribution in [1.82, 2.24) is 4.98 Å². The van der Waals surface area contributed by atoms with Crippen LogP contribution in [0.4, 0.5) is 20.6 Å². The molecule has 1 aromatic heterocycles. The maximum absolute atomic E-state index is 13.0. The fourth-order valence-electron chi connectivity index (χ4n) is 3.42. The Balaban J connectivity index is 1.49. The highest BCUT2D eigenvalue weighted by atomic mass is 19.1. The summed E-state index contributed by atoms with van der Waals surface area (Å²) in [4.78, 5) is 29.1. The smallest absolute Gasteiger partial charge is 0.342 e. The number of amides is 2. The highest BCUT2D eigenvalue weighted by Gasteiger charge is 2.18. The predicted octanol–water partition coefficient (Wildman–Crippen LogP) is 5.62. The minimum Gasteiger partial charge on any atom is -0.496 e. The molecule has 1 heterocycles. The number of hydrogen-bond acceptors (Lipinski definition) is 7. The number of anilines is 2. The molecule has 0 saturated carbocycles. The molecule has 0 atom stereocenters. The standard InChI is InChI=1S/C27H24FN3O6/c1-34-13-14-36-26(32)22-15-21-23(16-25(22)35-2)29-12-11-24(21)37-20-9-7-19(8-10-20)31-27(33)30-18-5-3-17(28)4-6-18/h3-12,15-16H,13-14H2,1-2H3,(H2,30,31,33). The molecular formula is C27H24FN3O6. The molecule has 0 spiro atoms. The van der Waals surface area contributed by atoms with Gasteiger partial charge in [-0.3, -0.25) is 4.98 Å². The lowest BCUT2D eigenvalue weighted by atomic mass is 10.1. The Labute approximate surface area is 212 Å². The maximum Gasteiger partial charge on any atom is 0.342 e. The minimum atomic E-state index is -0.556. The number of esters is 1. The molecule has 0 aliphatic heterocycles. The molecule has 0 aliphatic rings. The van der Waals surface area contributed by atoms with Crippen molar-refractivity contribution in [3.8, 4) is 17.2 Å². The predicted molar refractivity (Wildman–Crippen MR) is 136 cm³/mol. The molecular weight excluding hydrogens is 481 g/mol. The highest BCUT2D eigenvalue weighted by Crippen LogP contribution is 2.34. The van der Waals surface area contributed by atoms with Gasteiger partial charge in [0, 0.05) is 36.1 Å². The minimum absolute atomic E-state index is 0.106. The molecule has 4 aromatic rings. The van der Waals surface area contributed by atoms with Crippen LogP contribution in [0.2, 0.25) is 0 Å². The quantitative estimate of drug-likeness (QED) is 0.224. The largest absolute Gasteiger partial charge is 0.496 e. The van der Waals surface area contributed by atoms with Crippen LogP contribution >= 0.6 is 0 Å². The topological polar surface area (TPSA) is 108 Å². The molecule has 2 amide bonds. The average molecular weight is 506 g/mol. The van der Waals surface area contributed by atoms with Crippen LogP contribution in [0.15, 0.2) is 72.9 Å². The van der Waals surface area contributed by atoms with Crippen molar-refractivity contribution < 1.29 is 32.9 Å². The van der Waals surface area contributed by atoms with Gasteiger partial charge in [0.25, 0.3) is 0 Å². The normalized spacial score (nSPS) is 10.6. The number of rotatable bonds is 9. The number of benzene rings is 3. The van der Waals surface area contributed by atoms with Gasteiger partial charge in [0.05, 0.1) is 19.2 Å². The lowest BCUT2D eigenvalue weighted by molar-refractivity contribution is 0.0385. The van der Waals surface area contributed by atoms with Gasteiger partial charge < -0.3 is 29.6 Å². The SMILES string of the molecule is COCCOC(=O)c1cc2c(Oc3ccc(NC(=O)Nc4ccc(F)cc4)cc3)ccnc2cc1OC. The number of carbonyl (C=O) groups is 2. The van der Waals surface area contributed by atoms with Crippen molar-refractivity contribution in [3.05, 3.63) is 84.3 Å². The summed E-state index contributed by atoms with van der Waals surface area (Å²) in [7, 11) is 2.98. The first-order valence-corrected chi connectivity index (χ1v) is 11.2. The van der Waals surface area contributed by atoms with E-state index in [2.05, 4.69) is 15.6 Å². The summed E-state index contributed by atoms with van der Waals surface area (Å²) in [5.41, 5.74) is 1.79. The molecule has 0 radical (unpaired) electrons. The molecule has 190 valence electrons. The van der Waals surface area contributed by atoms with Crippen molar-refractivity contribution in [3.63, 3.8) is 0 Å². The van der Waals surface area contributed by atoms with Gasteiger partial charge in [0.2, 0.25) is 0 Å². The number of carbonyl (C=O) groups excluding carboxylic acids is 2. The van der Waals surface area contributed by atoms with Gasteiger partial charge in [0.15, 0.2) is 0 Å². The van der Waals surface area contributed by atoms with Crippen LogP contribution in [-0.2, 0) is 9.47 Å². The molecule has 3 aromatic carbocycles.